The maximum absolute atomic E-state index is 12.3. The molecule has 0 aliphatic heterocycles. The lowest BCUT2D eigenvalue weighted by Gasteiger charge is -2.18. The number of amides is 1. The first-order chi connectivity index (χ1) is 11.0. The SMILES string of the molecule is CCN(CC)C(=O)c1ccc(-c2cc(OC)c(C)nc2N)cc1. The van der Waals surface area contributed by atoms with Gasteiger partial charge in [-0.05, 0) is 44.5 Å². The molecule has 122 valence electrons. The predicted octanol–water partition coefficient (Wildman–Crippen LogP) is 3.13. The van der Waals surface area contributed by atoms with Gasteiger partial charge in [0.25, 0.3) is 5.91 Å². The lowest BCUT2D eigenvalue weighted by atomic mass is 10.0. The molecule has 1 aromatic heterocycles. The van der Waals surface area contributed by atoms with Gasteiger partial charge >= 0.3 is 0 Å². The molecule has 1 amide bonds. The van der Waals surface area contributed by atoms with E-state index in [1.54, 1.807) is 12.0 Å². The summed E-state index contributed by atoms with van der Waals surface area (Å²) in [6.07, 6.45) is 0. The van der Waals surface area contributed by atoms with Gasteiger partial charge in [-0.1, -0.05) is 12.1 Å². The Morgan fingerprint density at radius 1 is 1.22 bits per heavy atom. The summed E-state index contributed by atoms with van der Waals surface area (Å²) in [6.45, 7) is 7.19. The van der Waals surface area contributed by atoms with Gasteiger partial charge in [-0.25, -0.2) is 4.98 Å². The summed E-state index contributed by atoms with van der Waals surface area (Å²) in [6, 6.07) is 9.29. The highest BCUT2D eigenvalue weighted by Crippen LogP contribution is 2.30. The van der Waals surface area contributed by atoms with Crippen molar-refractivity contribution in [2.45, 2.75) is 20.8 Å². The maximum atomic E-state index is 12.3. The fraction of sp³-hybridized carbons (Fsp3) is 0.333. The average molecular weight is 313 g/mol. The van der Waals surface area contributed by atoms with Gasteiger partial charge in [-0.2, -0.15) is 0 Å². The Bertz CT molecular complexity index is 692. The number of nitrogens with zero attached hydrogens (tertiary/aromatic N) is 2. The number of anilines is 1. The van der Waals surface area contributed by atoms with Crippen molar-refractivity contribution in [2.24, 2.45) is 0 Å². The molecule has 0 spiro atoms. The highest BCUT2D eigenvalue weighted by Gasteiger charge is 2.14. The number of methoxy groups -OCH3 is 1. The summed E-state index contributed by atoms with van der Waals surface area (Å²) >= 11 is 0. The van der Waals surface area contributed by atoms with Crippen LogP contribution in [0.1, 0.15) is 29.9 Å². The molecular weight excluding hydrogens is 290 g/mol. The molecule has 0 unspecified atom stereocenters. The fourth-order valence-electron chi connectivity index (χ4n) is 2.53. The number of nitrogen functional groups attached to an aromatic ring is 1. The van der Waals surface area contributed by atoms with Crippen LogP contribution in [0, 0.1) is 6.92 Å². The molecule has 0 saturated carbocycles. The van der Waals surface area contributed by atoms with E-state index in [2.05, 4.69) is 4.98 Å². The number of aryl methyl sites for hydroxylation is 1. The number of benzene rings is 1. The maximum Gasteiger partial charge on any atom is 0.253 e. The van der Waals surface area contributed by atoms with E-state index in [1.807, 2.05) is 51.1 Å². The Morgan fingerprint density at radius 2 is 1.83 bits per heavy atom. The molecule has 23 heavy (non-hydrogen) atoms. The summed E-state index contributed by atoms with van der Waals surface area (Å²) in [5.74, 6) is 1.18. The molecular formula is C18H23N3O2. The predicted molar refractivity (Wildman–Crippen MR) is 92.6 cm³/mol. The van der Waals surface area contributed by atoms with Gasteiger partial charge in [0.1, 0.15) is 11.6 Å². The molecule has 2 rings (SSSR count). The number of ether oxygens (including phenoxy) is 1. The largest absolute Gasteiger partial charge is 0.495 e. The first-order valence-electron chi connectivity index (χ1n) is 7.72. The molecule has 5 heteroatoms. The second-order valence-electron chi connectivity index (χ2n) is 5.26. The van der Waals surface area contributed by atoms with Crippen molar-refractivity contribution in [2.75, 3.05) is 25.9 Å². The van der Waals surface area contributed by atoms with E-state index < -0.39 is 0 Å². The second kappa shape index (κ2) is 7.13. The molecule has 0 atom stereocenters. The number of carbonyl (C=O) groups is 1. The van der Waals surface area contributed by atoms with Crippen molar-refractivity contribution < 1.29 is 9.53 Å². The van der Waals surface area contributed by atoms with Crippen molar-refractivity contribution >= 4 is 11.7 Å². The van der Waals surface area contributed by atoms with Crippen LogP contribution in [0.4, 0.5) is 5.82 Å². The zero-order valence-electron chi connectivity index (χ0n) is 14.1. The Kier molecular flexibility index (Phi) is 5.21. The van der Waals surface area contributed by atoms with Crippen molar-refractivity contribution in [1.29, 1.82) is 0 Å². The van der Waals surface area contributed by atoms with Gasteiger partial charge in [0, 0.05) is 24.2 Å². The standard InChI is InChI=1S/C18H23N3O2/c1-5-21(6-2)18(22)14-9-7-13(8-10-14)15-11-16(23-4)12(3)20-17(15)19/h7-11H,5-6H2,1-4H3,(H2,19,20). The summed E-state index contributed by atoms with van der Waals surface area (Å²) in [5, 5.41) is 0. The molecule has 0 aliphatic carbocycles. The van der Waals surface area contributed by atoms with Gasteiger partial charge < -0.3 is 15.4 Å². The first-order valence-corrected chi connectivity index (χ1v) is 7.72. The van der Waals surface area contributed by atoms with Crippen molar-refractivity contribution in [1.82, 2.24) is 9.88 Å². The summed E-state index contributed by atoms with van der Waals surface area (Å²) in [5.41, 5.74) is 9.15. The molecule has 0 radical (unpaired) electrons. The minimum Gasteiger partial charge on any atom is -0.495 e. The van der Waals surface area contributed by atoms with E-state index in [-0.39, 0.29) is 5.91 Å². The van der Waals surface area contributed by atoms with Crippen LogP contribution in [0.15, 0.2) is 30.3 Å². The summed E-state index contributed by atoms with van der Waals surface area (Å²) < 4.78 is 5.31. The highest BCUT2D eigenvalue weighted by molar-refractivity contribution is 5.95. The molecule has 1 aromatic carbocycles. The number of nitrogens with two attached hydrogens (primary N) is 1. The molecule has 0 aliphatic rings. The molecule has 0 bridgehead atoms. The second-order valence-corrected chi connectivity index (χ2v) is 5.26. The van der Waals surface area contributed by atoms with Crippen LogP contribution in [-0.4, -0.2) is 36.0 Å². The minimum absolute atomic E-state index is 0.0362. The minimum atomic E-state index is 0.0362. The Hall–Kier alpha value is -2.56. The van der Waals surface area contributed by atoms with E-state index in [0.29, 0.717) is 30.2 Å². The topological polar surface area (TPSA) is 68.5 Å². The number of pyridine rings is 1. The van der Waals surface area contributed by atoms with E-state index in [0.717, 1.165) is 16.8 Å². The van der Waals surface area contributed by atoms with E-state index >= 15 is 0 Å². The van der Waals surface area contributed by atoms with Crippen LogP contribution in [0.2, 0.25) is 0 Å². The lowest BCUT2D eigenvalue weighted by Crippen LogP contribution is -2.30. The monoisotopic (exact) mass is 313 g/mol. The normalized spacial score (nSPS) is 10.4. The number of carbonyl (C=O) groups excluding carboxylic acids is 1. The molecule has 0 fully saturated rings. The van der Waals surface area contributed by atoms with Crippen LogP contribution in [0.5, 0.6) is 5.75 Å². The molecule has 2 aromatic rings. The van der Waals surface area contributed by atoms with Crippen LogP contribution < -0.4 is 10.5 Å². The third-order valence-electron chi connectivity index (χ3n) is 3.91. The summed E-state index contributed by atoms with van der Waals surface area (Å²) in [7, 11) is 1.61. The smallest absolute Gasteiger partial charge is 0.253 e. The van der Waals surface area contributed by atoms with Gasteiger partial charge in [-0.3, -0.25) is 4.79 Å². The molecule has 1 heterocycles. The van der Waals surface area contributed by atoms with E-state index in [9.17, 15) is 4.79 Å². The van der Waals surface area contributed by atoms with Crippen molar-refractivity contribution in [3.63, 3.8) is 0 Å². The van der Waals surface area contributed by atoms with E-state index in [4.69, 9.17) is 10.5 Å². The van der Waals surface area contributed by atoms with Crippen LogP contribution in [-0.2, 0) is 0 Å². The summed E-state index contributed by atoms with van der Waals surface area (Å²) in [4.78, 5) is 18.4. The third kappa shape index (κ3) is 3.44. The number of hydrogen-bond donors (Lipinski definition) is 1. The van der Waals surface area contributed by atoms with Gasteiger partial charge in [0.2, 0.25) is 0 Å². The molecule has 5 nitrogen and oxygen atoms in total. The highest BCUT2D eigenvalue weighted by atomic mass is 16.5. The Balaban J connectivity index is 2.35. The quantitative estimate of drug-likeness (QED) is 0.921. The van der Waals surface area contributed by atoms with E-state index in [1.165, 1.54) is 0 Å². The fourth-order valence-corrected chi connectivity index (χ4v) is 2.53. The van der Waals surface area contributed by atoms with Crippen molar-refractivity contribution in [3.05, 3.63) is 41.6 Å². The van der Waals surface area contributed by atoms with Gasteiger partial charge in [-0.15, -0.1) is 0 Å². The van der Waals surface area contributed by atoms with Crippen LogP contribution in [0.25, 0.3) is 11.1 Å². The number of hydrogen-bond acceptors (Lipinski definition) is 4. The Labute approximate surface area is 137 Å². The number of aromatic nitrogens is 1. The van der Waals surface area contributed by atoms with Crippen LogP contribution >= 0.6 is 0 Å². The Morgan fingerprint density at radius 3 is 2.35 bits per heavy atom. The number of rotatable bonds is 5. The van der Waals surface area contributed by atoms with Crippen LogP contribution in [0.3, 0.4) is 0 Å². The zero-order chi connectivity index (χ0) is 17.0. The third-order valence-corrected chi connectivity index (χ3v) is 3.91. The van der Waals surface area contributed by atoms with Gasteiger partial charge in [0.05, 0.1) is 12.8 Å². The average Bonchev–Trinajstić information content (AvgIpc) is 2.56. The first kappa shape index (κ1) is 16.8. The molecule has 2 N–H and O–H groups in total. The molecule has 0 saturated heterocycles. The zero-order valence-corrected chi connectivity index (χ0v) is 14.1. The van der Waals surface area contributed by atoms with Crippen molar-refractivity contribution in [3.8, 4) is 16.9 Å². The lowest BCUT2D eigenvalue weighted by molar-refractivity contribution is 0.0773. The van der Waals surface area contributed by atoms with Gasteiger partial charge in [0.15, 0.2) is 0 Å².